The van der Waals surface area contributed by atoms with Crippen molar-refractivity contribution in [3.05, 3.63) is 47.9 Å². The maximum Gasteiger partial charge on any atom is 0.116 e. The number of aromatic nitrogens is 2. The molecule has 3 nitrogen and oxygen atoms in total. The number of hydrogen-bond acceptors (Lipinski definition) is 3. The second kappa shape index (κ2) is 4.72. The zero-order chi connectivity index (χ0) is 14.2. The van der Waals surface area contributed by atoms with Gasteiger partial charge in [0.05, 0.1) is 17.2 Å². The number of rotatable bonds is 3. The third-order valence-electron chi connectivity index (χ3n) is 3.87. The molecular weight excluding hydrogens is 246 g/mol. The normalized spacial score (nSPS) is 14.8. The maximum absolute atomic E-state index is 9.17. The van der Waals surface area contributed by atoms with E-state index in [2.05, 4.69) is 22.1 Å². The van der Waals surface area contributed by atoms with Gasteiger partial charge >= 0.3 is 0 Å². The Morgan fingerprint density at radius 2 is 1.85 bits per heavy atom. The van der Waals surface area contributed by atoms with Crippen molar-refractivity contribution in [2.75, 3.05) is 0 Å². The predicted octanol–water partition coefficient (Wildman–Crippen LogP) is 3.82. The number of benzene rings is 1. The quantitative estimate of drug-likeness (QED) is 0.845. The molecule has 3 heteroatoms. The van der Waals surface area contributed by atoms with Crippen molar-refractivity contribution in [3.8, 4) is 17.3 Å². The fraction of sp³-hybridized carbons (Fsp3) is 0.353. The molecule has 100 valence electrons. The van der Waals surface area contributed by atoms with Crippen LogP contribution in [-0.4, -0.2) is 9.97 Å². The lowest BCUT2D eigenvalue weighted by molar-refractivity contribution is 0.687. The van der Waals surface area contributed by atoms with E-state index >= 15 is 0 Å². The summed E-state index contributed by atoms with van der Waals surface area (Å²) in [5, 5.41) is 9.17. The minimum Gasteiger partial charge on any atom is -0.241 e. The summed E-state index contributed by atoms with van der Waals surface area (Å²) in [7, 11) is 0. The first kappa shape index (κ1) is 12.8. The van der Waals surface area contributed by atoms with Crippen molar-refractivity contribution in [2.24, 2.45) is 0 Å². The van der Waals surface area contributed by atoms with Crippen molar-refractivity contribution < 1.29 is 0 Å². The Hall–Kier alpha value is -2.21. The highest BCUT2D eigenvalue weighted by Gasteiger charge is 2.25. The summed E-state index contributed by atoms with van der Waals surface area (Å²) in [5.41, 5.74) is 3.76. The highest BCUT2D eigenvalue weighted by atomic mass is 14.8. The van der Waals surface area contributed by atoms with Gasteiger partial charge in [-0.15, -0.1) is 0 Å². The van der Waals surface area contributed by atoms with E-state index in [1.54, 1.807) is 6.33 Å². The van der Waals surface area contributed by atoms with E-state index in [1.807, 2.05) is 38.1 Å². The molecule has 0 aliphatic heterocycles. The summed E-state index contributed by atoms with van der Waals surface area (Å²) in [6.07, 6.45) is 4.13. The molecule has 0 N–H and O–H groups in total. The lowest BCUT2D eigenvalue weighted by atomic mass is 9.86. The van der Waals surface area contributed by atoms with Gasteiger partial charge in [-0.2, -0.15) is 5.26 Å². The first-order valence-corrected chi connectivity index (χ1v) is 6.94. The molecule has 20 heavy (non-hydrogen) atoms. The third kappa shape index (κ3) is 2.42. The fourth-order valence-electron chi connectivity index (χ4n) is 2.25. The van der Waals surface area contributed by atoms with Gasteiger partial charge in [-0.1, -0.05) is 24.3 Å². The minimum absolute atomic E-state index is 0.455. The van der Waals surface area contributed by atoms with Gasteiger partial charge in [0.25, 0.3) is 0 Å². The summed E-state index contributed by atoms with van der Waals surface area (Å²) >= 11 is 0. The molecule has 0 atom stereocenters. The Balaban J connectivity index is 1.91. The van der Waals surface area contributed by atoms with E-state index in [0.717, 1.165) is 22.5 Å². The first-order valence-electron chi connectivity index (χ1n) is 6.94. The first-order chi connectivity index (χ1) is 9.60. The average molecular weight is 263 g/mol. The molecule has 3 rings (SSSR count). The van der Waals surface area contributed by atoms with Crippen LogP contribution in [0.3, 0.4) is 0 Å². The molecule has 1 aliphatic carbocycles. The lowest BCUT2D eigenvalue weighted by Crippen LogP contribution is -2.13. The van der Waals surface area contributed by atoms with Crippen molar-refractivity contribution in [3.63, 3.8) is 0 Å². The van der Waals surface area contributed by atoms with Crippen LogP contribution >= 0.6 is 0 Å². The molecule has 2 aromatic rings. The molecule has 0 amide bonds. The van der Waals surface area contributed by atoms with Gasteiger partial charge < -0.3 is 0 Å². The van der Waals surface area contributed by atoms with Gasteiger partial charge in [0.2, 0.25) is 0 Å². The van der Waals surface area contributed by atoms with Crippen molar-refractivity contribution >= 4 is 0 Å². The number of hydrogen-bond donors (Lipinski definition) is 0. The molecular formula is C17H17N3. The van der Waals surface area contributed by atoms with Crippen LogP contribution in [0.15, 0.2) is 36.7 Å². The molecule has 0 spiro atoms. The highest BCUT2D eigenvalue weighted by molar-refractivity contribution is 5.60. The molecule has 1 aromatic carbocycles. The fourth-order valence-corrected chi connectivity index (χ4v) is 2.25. The van der Waals surface area contributed by atoms with Gasteiger partial charge in [0, 0.05) is 17.2 Å². The van der Waals surface area contributed by atoms with E-state index in [9.17, 15) is 0 Å². The second-order valence-corrected chi connectivity index (χ2v) is 5.92. The topological polar surface area (TPSA) is 49.6 Å². The summed E-state index contributed by atoms with van der Waals surface area (Å²) in [5.74, 6) is 0.633. The van der Waals surface area contributed by atoms with Crippen molar-refractivity contribution in [2.45, 2.75) is 38.0 Å². The molecule has 0 radical (unpaired) electrons. The molecule has 0 unspecified atom stereocenters. The van der Waals surface area contributed by atoms with E-state index in [0.29, 0.717) is 5.92 Å². The molecule has 1 aliphatic rings. The summed E-state index contributed by atoms with van der Waals surface area (Å²) in [4.78, 5) is 8.70. The lowest BCUT2D eigenvalue weighted by Gasteiger charge is -2.15. The summed E-state index contributed by atoms with van der Waals surface area (Å²) in [6.45, 7) is 3.86. The number of nitriles is 1. The third-order valence-corrected chi connectivity index (χ3v) is 3.87. The molecule has 0 bridgehead atoms. The van der Waals surface area contributed by atoms with Crippen LogP contribution in [0.25, 0.3) is 11.3 Å². The molecule has 1 fully saturated rings. The van der Waals surface area contributed by atoms with Crippen LogP contribution in [-0.2, 0) is 5.41 Å². The molecule has 0 saturated heterocycles. The monoisotopic (exact) mass is 263 g/mol. The summed E-state index contributed by atoms with van der Waals surface area (Å²) < 4.78 is 0. The van der Waals surface area contributed by atoms with E-state index in [4.69, 9.17) is 5.26 Å². The van der Waals surface area contributed by atoms with Crippen molar-refractivity contribution in [1.82, 2.24) is 9.97 Å². The van der Waals surface area contributed by atoms with Crippen LogP contribution in [0.4, 0.5) is 0 Å². The Kier molecular flexibility index (Phi) is 3.02. The zero-order valence-corrected chi connectivity index (χ0v) is 11.8. The molecule has 1 heterocycles. The minimum atomic E-state index is -0.455. The molecule has 1 saturated carbocycles. The zero-order valence-electron chi connectivity index (χ0n) is 11.8. The highest BCUT2D eigenvalue weighted by Crippen LogP contribution is 2.39. The van der Waals surface area contributed by atoms with E-state index < -0.39 is 5.41 Å². The van der Waals surface area contributed by atoms with Crippen LogP contribution in [0, 0.1) is 11.3 Å². The van der Waals surface area contributed by atoms with E-state index in [1.165, 1.54) is 12.8 Å². The summed E-state index contributed by atoms with van der Waals surface area (Å²) in [6, 6.07) is 12.5. The Morgan fingerprint density at radius 1 is 1.15 bits per heavy atom. The van der Waals surface area contributed by atoms with Crippen molar-refractivity contribution in [1.29, 1.82) is 5.26 Å². The average Bonchev–Trinajstić information content (AvgIpc) is 3.32. The van der Waals surface area contributed by atoms with Crippen LogP contribution in [0.5, 0.6) is 0 Å². The van der Waals surface area contributed by atoms with Crippen LogP contribution in [0.2, 0.25) is 0 Å². The second-order valence-electron chi connectivity index (χ2n) is 5.92. The van der Waals surface area contributed by atoms with Gasteiger partial charge in [0.15, 0.2) is 0 Å². The van der Waals surface area contributed by atoms with Crippen LogP contribution < -0.4 is 0 Å². The number of nitrogens with zero attached hydrogens (tertiary/aromatic N) is 3. The van der Waals surface area contributed by atoms with Gasteiger partial charge in [0.1, 0.15) is 6.33 Å². The Bertz CT molecular complexity index is 661. The molecule has 1 aromatic heterocycles. The van der Waals surface area contributed by atoms with Gasteiger partial charge in [-0.05, 0) is 38.3 Å². The van der Waals surface area contributed by atoms with Gasteiger partial charge in [-0.25, -0.2) is 9.97 Å². The smallest absolute Gasteiger partial charge is 0.116 e. The standard InChI is InChI=1S/C17H17N3/c1-17(2,10-18)14-7-5-13(6-8-14)16-9-15(12-3-4-12)19-11-20-16/h5-9,11-12H,3-4H2,1-2H3. The van der Waals surface area contributed by atoms with Crippen LogP contribution in [0.1, 0.15) is 43.9 Å². The maximum atomic E-state index is 9.17. The predicted molar refractivity (Wildman–Crippen MR) is 78.1 cm³/mol. The SMILES string of the molecule is CC(C)(C#N)c1ccc(-c2cc(C3CC3)ncn2)cc1. The van der Waals surface area contributed by atoms with E-state index in [-0.39, 0.29) is 0 Å². The Morgan fingerprint density at radius 3 is 2.45 bits per heavy atom. The van der Waals surface area contributed by atoms with Gasteiger partial charge in [-0.3, -0.25) is 0 Å². The largest absolute Gasteiger partial charge is 0.241 e. The Labute approximate surface area is 119 Å².